The second kappa shape index (κ2) is 11.7. The van der Waals surface area contributed by atoms with Gasteiger partial charge in [-0.1, -0.05) is 89.0 Å². The van der Waals surface area contributed by atoms with Crippen LogP contribution in [0, 0.1) is 0 Å². The SMILES string of the molecule is CCCCCCCCCCCCC1=C(OCC)C(=O)c2ccccc2C1=O. The smallest absolute Gasteiger partial charge is 0.228 e. The number of carbonyl (C=O) groups excluding carboxylic acids is 2. The molecule has 0 unspecified atom stereocenters. The molecule has 3 nitrogen and oxygen atoms in total. The number of fused-ring (bicyclic) bond motifs is 1. The van der Waals surface area contributed by atoms with Gasteiger partial charge in [0.25, 0.3) is 0 Å². The number of benzene rings is 1. The largest absolute Gasteiger partial charge is 0.489 e. The molecule has 1 aromatic carbocycles. The van der Waals surface area contributed by atoms with Gasteiger partial charge < -0.3 is 4.74 Å². The normalized spacial score (nSPS) is 13.9. The molecule has 0 N–H and O–H groups in total. The molecule has 0 saturated carbocycles. The number of unbranched alkanes of at least 4 members (excludes halogenated alkanes) is 9. The van der Waals surface area contributed by atoms with E-state index >= 15 is 0 Å². The van der Waals surface area contributed by atoms with Gasteiger partial charge in [0.2, 0.25) is 5.78 Å². The fourth-order valence-electron chi connectivity index (χ4n) is 3.72. The topological polar surface area (TPSA) is 43.4 Å². The Morgan fingerprint density at radius 2 is 1.22 bits per heavy atom. The second-order valence-corrected chi connectivity index (χ2v) is 7.38. The molecule has 0 amide bonds. The first-order chi connectivity index (χ1) is 13.2. The van der Waals surface area contributed by atoms with Crippen LogP contribution in [-0.4, -0.2) is 18.2 Å². The number of carbonyl (C=O) groups is 2. The fraction of sp³-hybridized carbons (Fsp3) is 0.583. The average molecular weight is 371 g/mol. The highest BCUT2D eigenvalue weighted by Crippen LogP contribution is 2.30. The fourth-order valence-corrected chi connectivity index (χ4v) is 3.72. The summed E-state index contributed by atoms with van der Waals surface area (Å²) in [6.07, 6.45) is 13.1. The first-order valence-electron chi connectivity index (χ1n) is 10.7. The van der Waals surface area contributed by atoms with Gasteiger partial charge in [0.05, 0.1) is 6.61 Å². The van der Waals surface area contributed by atoms with Gasteiger partial charge in [-0.15, -0.1) is 0 Å². The van der Waals surface area contributed by atoms with Gasteiger partial charge >= 0.3 is 0 Å². The lowest BCUT2D eigenvalue weighted by Gasteiger charge is -2.20. The number of rotatable bonds is 13. The summed E-state index contributed by atoms with van der Waals surface area (Å²) in [6.45, 7) is 4.50. The highest BCUT2D eigenvalue weighted by Gasteiger charge is 2.32. The van der Waals surface area contributed by atoms with E-state index in [2.05, 4.69) is 6.92 Å². The summed E-state index contributed by atoms with van der Waals surface area (Å²) in [5.74, 6) is 0.0934. The Morgan fingerprint density at radius 3 is 1.78 bits per heavy atom. The summed E-state index contributed by atoms with van der Waals surface area (Å²) in [5, 5.41) is 0. The molecule has 0 radical (unpaired) electrons. The molecule has 0 bridgehead atoms. The predicted octanol–water partition coefficient (Wildman–Crippen LogP) is 6.67. The van der Waals surface area contributed by atoms with Gasteiger partial charge in [0, 0.05) is 16.7 Å². The molecule has 0 heterocycles. The number of allylic oxidation sites excluding steroid dienone is 2. The number of ketones is 2. The van der Waals surface area contributed by atoms with E-state index in [4.69, 9.17) is 4.74 Å². The lowest BCUT2D eigenvalue weighted by Crippen LogP contribution is -2.23. The van der Waals surface area contributed by atoms with E-state index in [1.807, 2.05) is 13.0 Å². The molecular formula is C24H34O3. The molecule has 1 aromatic rings. The van der Waals surface area contributed by atoms with Crippen LogP contribution in [0.4, 0.5) is 0 Å². The van der Waals surface area contributed by atoms with Crippen LogP contribution in [0.5, 0.6) is 0 Å². The summed E-state index contributed by atoms with van der Waals surface area (Å²) >= 11 is 0. The monoisotopic (exact) mass is 370 g/mol. The second-order valence-electron chi connectivity index (χ2n) is 7.38. The standard InChI is InChI=1S/C24H34O3/c1-3-5-6-7-8-9-10-11-12-13-18-21-22(25)19-16-14-15-17-20(19)23(26)24(21)27-4-2/h14-17H,3-13,18H2,1-2H3. The Hall–Kier alpha value is -1.90. The minimum atomic E-state index is -0.144. The molecule has 3 heteroatoms. The molecule has 0 aliphatic heterocycles. The highest BCUT2D eigenvalue weighted by molar-refractivity contribution is 6.26. The van der Waals surface area contributed by atoms with Crippen molar-refractivity contribution < 1.29 is 14.3 Å². The Kier molecular flexibility index (Phi) is 9.30. The van der Waals surface area contributed by atoms with Crippen molar-refractivity contribution in [3.63, 3.8) is 0 Å². The Bertz CT molecular complexity index is 657. The Morgan fingerprint density at radius 1 is 0.704 bits per heavy atom. The van der Waals surface area contributed by atoms with Crippen molar-refractivity contribution >= 4 is 11.6 Å². The molecule has 2 rings (SSSR count). The molecule has 148 valence electrons. The van der Waals surface area contributed by atoms with Crippen molar-refractivity contribution in [2.24, 2.45) is 0 Å². The minimum absolute atomic E-state index is 0.0374. The van der Waals surface area contributed by atoms with Crippen molar-refractivity contribution in [1.82, 2.24) is 0 Å². The van der Waals surface area contributed by atoms with Crippen molar-refractivity contribution in [1.29, 1.82) is 0 Å². The van der Waals surface area contributed by atoms with Crippen molar-refractivity contribution in [2.75, 3.05) is 6.61 Å². The van der Waals surface area contributed by atoms with E-state index in [1.165, 1.54) is 51.4 Å². The Labute approximate surface area is 164 Å². The van der Waals surface area contributed by atoms with Crippen molar-refractivity contribution in [3.05, 3.63) is 46.7 Å². The predicted molar refractivity (Wildman–Crippen MR) is 110 cm³/mol. The van der Waals surface area contributed by atoms with Gasteiger partial charge in [-0.2, -0.15) is 0 Å². The molecule has 0 aromatic heterocycles. The zero-order chi connectivity index (χ0) is 19.5. The third-order valence-electron chi connectivity index (χ3n) is 5.24. The minimum Gasteiger partial charge on any atom is -0.489 e. The lowest BCUT2D eigenvalue weighted by atomic mass is 9.86. The molecule has 1 aliphatic rings. The van der Waals surface area contributed by atoms with Gasteiger partial charge in [0.15, 0.2) is 11.5 Å². The van der Waals surface area contributed by atoms with Crippen LogP contribution in [0.25, 0.3) is 0 Å². The average Bonchev–Trinajstić information content (AvgIpc) is 2.69. The zero-order valence-corrected chi connectivity index (χ0v) is 17.0. The van der Waals surface area contributed by atoms with Gasteiger partial charge in [-0.3, -0.25) is 9.59 Å². The molecular weight excluding hydrogens is 336 g/mol. The molecule has 27 heavy (non-hydrogen) atoms. The maximum Gasteiger partial charge on any atom is 0.228 e. The lowest BCUT2D eigenvalue weighted by molar-refractivity contribution is 0.0877. The number of ether oxygens (including phenoxy) is 1. The maximum atomic E-state index is 12.8. The van der Waals surface area contributed by atoms with Crippen LogP contribution in [0.2, 0.25) is 0 Å². The van der Waals surface area contributed by atoms with Crippen LogP contribution in [0.1, 0.15) is 105 Å². The molecule has 0 spiro atoms. The number of hydrogen-bond donors (Lipinski definition) is 0. The van der Waals surface area contributed by atoms with E-state index < -0.39 is 0 Å². The molecule has 0 atom stereocenters. The molecule has 0 saturated heterocycles. The summed E-state index contributed by atoms with van der Waals surface area (Å²) in [5.41, 5.74) is 1.56. The van der Waals surface area contributed by atoms with E-state index in [0.29, 0.717) is 29.7 Å². The number of hydrogen-bond acceptors (Lipinski definition) is 3. The summed E-state index contributed by atoms with van der Waals surface area (Å²) < 4.78 is 5.59. The zero-order valence-electron chi connectivity index (χ0n) is 17.0. The van der Waals surface area contributed by atoms with E-state index in [9.17, 15) is 9.59 Å². The van der Waals surface area contributed by atoms with E-state index in [0.717, 1.165) is 12.8 Å². The first kappa shape index (κ1) is 21.4. The highest BCUT2D eigenvalue weighted by atomic mass is 16.5. The van der Waals surface area contributed by atoms with Gasteiger partial charge in [0.1, 0.15) is 0 Å². The third-order valence-corrected chi connectivity index (χ3v) is 5.24. The van der Waals surface area contributed by atoms with Gasteiger partial charge in [-0.25, -0.2) is 0 Å². The third kappa shape index (κ3) is 6.05. The maximum absolute atomic E-state index is 12.8. The first-order valence-corrected chi connectivity index (χ1v) is 10.7. The van der Waals surface area contributed by atoms with E-state index in [-0.39, 0.29) is 17.3 Å². The van der Waals surface area contributed by atoms with Crippen molar-refractivity contribution in [2.45, 2.75) is 84.5 Å². The van der Waals surface area contributed by atoms with E-state index in [1.54, 1.807) is 18.2 Å². The molecule has 0 fully saturated rings. The van der Waals surface area contributed by atoms with Crippen LogP contribution in [0.3, 0.4) is 0 Å². The quantitative estimate of drug-likeness (QED) is 0.364. The summed E-state index contributed by atoms with van der Waals surface area (Å²) in [4.78, 5) is 25.6. The van der Waals surface area contributed by atoms with Crippen molar-refractivity contribution in [3.8, 4) is 0 Å². The van der Waals surface area contributed by atoms with Crippen LogP contribution >= 0.6 is 0 Å². The van der Waals surface area contributed by atoms with Gasteiger partial charge in [-0.05, 0) is 19.8 Å². The number of Topliss-reactive ketones (excluding diaryl/α,β-unsaturated/α-hetero) is 2. The van der Waals surface area contributed by atoms with Crippen LogP contribution in [0.15, 0.2) is 35.6 Å². The van der Waals surface area contributed by atoms with Crippen LogP contribution in [-0.2, 0) is 4.74 Å². The molecule has 1 aliphatic carbocycles. The summed E-state index contributed by atoms with van der Waals surface area (Å²) in [6, 6.07) is 7.07. The summed E-state index contributed by atoms with van der Waals surface area (Å²) in [7, 11) is 0. The van der Waals surface area contributed by atoms with Crippen LogP contribution < -0.4 is 0 Å². The Balaban J connectivity index is 1.82.